The van der Waals surface area contributed by atoms with Gasteiger partial charge >= 0.3 is 0 Å². The summed E-state index contributed by atoms with van der Waals surface area (Å²) in [6, 6.07) is 0.174. The zero-order valence-electron chi connectivity index (χ0n) is 11.6. The summed E-state index contributed by atoms with van der Waals surface area (Å²) in [7, 11) is 0. The number of ether oxygens (including phenoxy) is 1. The van der Waals surface area contributed by atoms with Crippen molar-refractivity contribution in [1.82, 2.24) is 5.32 Å². The molecule has 1 aliphatic carbocycles. The number of carbonyl (C=O) groups is 1. The average Bonchev–Trinajstić information content (AvgIpc) is 2.77. The molecule has 4 nitrogen and oxygen atoms in total. The van der Waals surface area contributed by atoms with E-state index >= 15 is 0 Å². The molecule has 1 amide bonds. The standard InChI is InChI=1S/C14H26N2O2/c1-10-11(5-3-6-12(10)15)13(17)16-9-14(2)7-4-8-18-14/h10-12H,3-9,15H2,1-2H3,(H,16,17). The lowest BCUT2D eigenvalue weighted by molar-refractivity contribution is -0.129. The van der Waals surface area contributed by atoms with Gasteiger partial charge in [-0.15, -0.1) is 0 Å². The molecule has 2 fully saturated rings. The number of carbonyl (C=O) groups excluding carboxylic acids is 1. The van der Waals surface area contributed by atoms with Crippen LogP contribution in [0.3, 0.4) is 0 Å². The van der Waals surface area contributed by atoms with Crippen LogP contribution in [0.1, 0.15) is 46.0 Å². The molecule has 2 aliphatic rings. The van der Waals surface area contributed by atoms with E-state index in [1.807, 2.05) is 0 Å². The molecule has 0 bridgehead atoms. The first-order valence-electron chi connectivity index (χ1n) is 7.19. The summed E-state index contributed by atoms with van der Waals surface area (Å²) < 4.78 is 5.69. The van der Waals surface area contributed by atoms with Crippen LogP contribution in [0.2, 0.25) is 0 Å². The van der Waals surface area contributed by atoms with Gasteiger partial charge in [-0.05, 0) is 38.5 Å². The Kier molecular flexibility index (Phi) is 4.28. The number of nitrogens with one attached hydrogen (secondary N) is 1. The fraction of sp³-hybridized carbons (Fsp3) is 0.929. The predicted octanol–water partition coefficient (Wildman–Crippen LogP) is 1.44. The number of rotatable bonds is 3. The van der Waals surface area contributed by atoms with Gasteiger partial charge in [0.05, 0.1) is 5.60 Å². The Labute approximate surface area is 110 Å². The molecule has 1 heterocycles. The third kappa shape index (κ3) is 3.04. The normalized spacial score (nSPS) is 40.7. The Morgan fingerprint density at radius 2 is 2.22 bits per heavy atom. The molecule has 104 valence electrons. The fourth-order valence-corrected chi connectivity index (χ4v) is 3.15. The molecule has 3 N–H and O–H groups in total. The maximum atomic E-state index is 12.2. The van der Waals surface area contributed by atoms with Gasteiger partial charge in [-0.1, -0.05) is 13.3 Å². The van der Waals surface area contributed by atoms with Crippen molar-refractivity contribution in [3.05, 3.63) is 0 Å². The average molecular weight is 254 g/mol. The molecule has 4 unspecified atom stereocenters. The van der Waals surface area contributed by atoms with Gasteiger partial charge in [-0.25, -0.2) is 0 Å². The third-order valence-corrected chi connectivity index (χ3v) is 4.64. The van der Waals surface area contributed by atoms with Gasteiger partial charge in [0.2, 0.25) is 5.91 Å². The predicted molar refractivity (Wildman–Crippen MR) is 71.1 cm³/mol. The number of amides is 1. The van der Waals surface area contributed by atoms with Crippen molar-refractivity contribution in [2.75, 3.05) is 13.2 Å². The number of hydrogen-bond acceptors (Lipinski definition) is 3. The van der Waals surface area contributed by atoms with E-state index in [1.165, 1.54) is 0 Å². The second-order valence-electron chi connectivity index (χ2n) is 6.18. The third-order valence-electron chi connectivity index (χ3n) is 4.64. The Hall–Kier alpha value is -0.610. The summed E-state index contributed by atoms with van der Waals surface area (Å²) in [5.41, 5.74) is 5.89. The van der Waals surface area contributed by atoms with Crippen molar-refractivity contribution in [3.63, 3.8) is 0 Å². The molecule has 4 atom stereocenters. The van der Waals surface area contributed by atoms with Crippen LogP contribution in [0, 0.1) is 11.8 Å². The first kappa shape index (κ1) is 13.8. The van der Waals surface area contributed by atoms with Crippen molar-refractivity contribution in [3.8, 4) is 0 Å². The lowest BCUT2D eigenvalue weighted by atomic mass is 9.77. The van der Waals surface area contributed by atoms with Gasteiger partial charge in [0.1, 0.15) is 0 Å². The highest BCUT2D eigenvalue weighted by molar-refractivity contribution is 5.79. The molecule has 18 heavy (non-hydrogen) atoms. The van der Waals surface area contributed by atoms with E-state index in [-0.39, 0.29) is 29.4 Å². The smallest absolute Gasteiger partial charge is 0.223 e. The Morgan fingerprint density at radius 1 is 1.44 bits per heavy atom. The van der Waals surface area contributed by atoms with E-state index in [0.717, 1.165) is 38.7 Å². The highest BCUT2D eigenvalue weighted by Crippen LogP contribution is 2.29. The first-order valence-corrected chi connectivity index (χ1v) is 7.19. The van der Waals surface area contributed by atoms with Crippen molar-refractivity contribution in [1.29, 1.82) is 0 Å². The largest absolute Gasteiger partial charge is 0.373 e. The van der Waals surface area contributed by atoms with E-state index < -0.39 is 0 Å². The van der Waals surface area contributed by atoms with E-state index in [9.17, 15) is 4.79 Å². The maximum absolute atomic E-state index is 12.2. The highest BCUT2D eigenvalue weighted by atomic mass is 16.5. The number of hydrogen-bond donors (Lipinski definition) is 2. The molecule has 2 rings (SSSR count). The SMILES string of the molecule is CC1C(N)CCCC1C(=O)NCC1(C)CCCO1. The zero-order chi connectivity index (χ0) is 13.2. The second kappa shape index (κ2) is 5.57. The van der Waals surface area contributed by atoms with Gasteiger partial charge in [0.25, 0.3) is 0 Å². The molecule has 0 aromatic carbocycles. The van der Waals surface area contributed by atoms with Gasteiger partial charge in [0.15, 0.2) is 0 Å². The van der Waals surface area contributed by atoms with Crippen molar-refractivity contribution in [2.45, 2.75) is 57.6 Å². The van der Waals surface area contributed by atoms with E-state index in [2.05, 4.69) is 19.2 Å². The topological polar surface area (TPSA) is 64.4 Å². The minimum atomic E-state index is -0.157. The summed E-state index contributed by atoms with van der Waals surface area (Å²) in [4.78, 5) is 12.2. The van der Waals surface area contributed by atoms with Crippen LogP contribution in [0.4, 0.5) is 0 Å². The monoisotopic (exact) mass is 254 g/mol. The zero-order valence-corrected chi connectivity index (χ0v) is 11.6. The first-order chi connectivity index (χ1) is 8.52. The van der Waals surface area contributed by atoms with Crippen molar-refractivity contribution >= 4 is 5.91 Å². The van der Waals surface area contributed by atoms with Gasteiger partial charge in [0, 0.05) is 25.1 Å². The highest BCUT2D eigenvalue weighted by Gasteiger charge is 2.35. The lowest BCUT2D eigenvalue weighted by Crippen LogP contribution is -2.47. The van der Waals surface area contributed by atoms with Crippen LogP contribution in [0.5, 0.6) is 0 Å². The van der Waals surface area contributed by atoms with Gasteiger partial charge in [-0.3, -0.25) is 4.79 Å². The Bertz CT molecular complexity index is 300. The molecule has 0 radical (unpaired) electrons. The van der Waals surface area contributed by atoms with Gasteiger partial charge < -0.3 is 15.8 Å². The summed E-state index contributed by atoms with van der Waals surface area (Å²) in [5.74, 6) is 0.532. The molecule has 4 heteroatoms. The summed E-state index contributed by atoms with van der Waals surface area (Å²) >= 11 is 0. The number of nitrogens with two attached hydrogens (primary N) is 1. The van der Waals surface area contributed by atoms with Crippen molar-refractivity contribution < 1.29 is 9.53 Å². The summed E-state index contributed by atoms with van der Waals surface area (Å²) in [6.07, 6.45) is 5.21. The maximum Gasteiger partial charge on any atom is 0.223 e. The van der Waals surface area contributed by atoms with Crippen LogP contribution in [-0.2, 0) is 9.53 Å². The Balaban J connectivity index is 1.83. The fourth-order valence-electron chi connectivity index (χ4n) is 3.15. The summed E-state index contributed by atoms with van der Waals surface area (Å²) in [6.45, 7) is 5.62. The van der Waals surface area contributed by atoms with Crippen LogP contribution < -0.4 is 11.1 Å². The second-order valence-corrected chi connectivity index (χ2v) is 6.18. The summed E-state index contributed by atoms with van der Waals surface area (Å²) in [5, 5.41) is 3.07. The minimum Gasteiger partial charge on any atom is -0.373 e. The molecule has 0 aromatic rings. The van der Waals surface area contributed by atoms with Crippen LogP contribution in [-0.4, -0.2) is 30.7 Å². The van der Waals surface area contributed by atoms with Gasteiger partial charge in [-0.2, -0.15) is 0 Å². The van der Waals surface area contributed by atoms with Crippen molar-refractivity contribution in [2.24, 2.45) is 17.6 Å². The van der Waals surface area contributed by atoms with Crippen LogP contribution in [0.25, 0.3) is 0 Å². The molecular formula is C14H26N2O2. The van der Waals surface area contributed by atoms with Crippen LogP contribution in [0.15, 0.2) is 0 Å². The molecule has 0 aromatic heterocycles. The molecule has 0 spiro atoms. The van der Waals surface area contributed by atoms with E-state index in [0.29, 0.717) is 6.54 Å². The molecule has 1 saturated heterocycles. The lowest BCUT2D eigenvalue weighted by Gasteiger charge is -2.33. The van der Waals surface area contributed by atoms with E-state index in [4.69, 9.17) is 10.5 Å². The molecular weight excluding hydrogens is 228 g/mol. The van der Waals surface area contributed by atoms with E-state index in [1.54, 1.807) is 0 Å². The quantitative estimate of drug-likeness (QED) is 0.801. The molecule has 1 saturated carbocycles. The molecule has 1 aliphatic heterocycles. The Morgan fingerprint density at radius 3 is 2.89 bits per heavy atom. The van der Waals surface area contributed by atoms with Crippen LogP contribution >= 0.6 is 0 Å². The minimum absolute atomic E-state index is 0.0822.